The number of halogens is 1. The first kappa shape index (κ1) is 13.9. The lowest BCUT2D eigenvalue weighted by atomic mass is 10.1. The Hall–Kier alpha value is -1.11. The molecule has 0 saturated carbocycles. The van der Waals surface area contributed by atoms with Crippen molar-refractivity contribution in [1.29, 1.82) is 0 Å². The molecule has 3 rings (SSSR count). The van der Waals surface area contributed by atoms with Gasteiger partial charge in [0.2, 0.25) is 0 Å². The topological polar surface area (TPSA) is 67.2 Å². The molecule has 0 bridgehead atoms. The largest absolute Gasteiger partial charge is 0.397 e. The zero-order chi connectivity index (χ0) is 14.1. The molecule has 0 atom stereocenters. The molecule has 1 saturated heterocycles. The monoisotopic (exact) mass is 353 g/mol. The zero-order valence-corrected chi connectivity index (χ0v) is 13.3. The number of piperidine rings is 1. The first-order valence-electron chi connectivity index (χ1n) is 6.64. The van der Waals surface area contributed by atoms with Crippen LogP contribution in [0.5, 0.6) is 0 Å². The van der Waals surface area contributed by atoms with Gasteiger partial charge in [-0.05, 0) is 38.1 Å². The van der Waals surface area contributed by atoms with E-state index < -0.39 is 0 Å². The van der Waals surface area contributed by atoms with Gasteiger partial charge in [0.05, 0.1) is 5.69 Å². The standard InChI is InChI=1S/C14H16BrN3OS/c15-8-1-2-10-11(7-8)20-13(12(10)16)14(19)18-9-3-5-17-6-4-9/h1-2,7,9,17H,3-6,16H2,(H,18,19). The zero-order valence-electron chi connectivity index (χ0n) is 10.9. The van der Waals surface area contributed by atoms with Crippen molar-refractivity contribution in [3.63, 3.8) is 0 Å². The second kappa shape index (κ2) is 5.71. The second-order valence-corrected chi connectivity index (χ2v) is 6.95. The first-order valence-corrected chi connectivity index (χ1v) is 8.25. The SMILES string of the molecule is Nc1c(C(=O)NC2CCNCC2)sc2cc(Br)ccc12. The summed E-state index contributed by atoms with van der Waals surface area (Å²) in [4.78, 5) is 13.0. The molecule has 1 aromatic carbocycles. The van der Waals surface area contributed by atoms with Crippen LogP contribution in [0.3, 0.4) is 0 Å². The number of rotatable bonds is 2. The highest BCUT2D eigenvalue weighted by Gasteiger charge is 2.20. The molecule has 2 aromatic rings. The fourth-order valence-electron chi connectivity index (χ4n) is 2.48. The van der Waals surface area contributed by atoms with Crippen LogP contribution in [0.4, 0.5) is 5.69 Å². The third kappa shape index (κ3) is 2.68. The summed E-state index contributed by atoms with van der Waals surface area (Å²) in [6.45, 7) is 1.92. The van der Waals surface area contributed by atoms with Gasteiger partial charge in [0.1, 0.15) is 4.88 Å². The number of amides is 1. The summed E-state index contributed by atoms with van der Waals surface area (Å²) >= 11 is 4.89. The van der Waals surface area contributed by atoms with Crippen LogP contribution in [0.25, 0.3) is 10.1 Å². The van der Waals surface area contributed by atoms with Gasteiger partial charge in [0.15, 0.2) is 0 Å². The summed E-state index contributed by atoms with van der Waals surface area (Å²) in [6, 6.07) is 6.14. The summed E-state index contributed by atoms with van der Waals surface area (Å²) in [7, 11) is 0. The van der Waals surface area contributed by atoms with Crippen molar-refractivity contribution in [1.82, 2.24) is 10.6 Å². The third-order valence-corrected chi connectivity index (χ3v) is 5.23. The third-order valence-electron chi connectivity index (χ3n) is 3.57. The molecule has 1 aromatic heterocycles. The Labute approximate surface area is 129 Å². The van der Waals surface area contributed by atoms with E-state index >= 15 is 0 Å². The number of hydrogen-bond acceptors (Lipinski definition) is 4. The number of nitrogens with one attached hydrogen (secondary N) is 2. The average molecular weight is 354 g/mol. The minimum atomic E-state index is -0.0493. The van der Waals surface area contributed by atoms with Gasteiger partial charge < -0.3 is 16.4 Å². The average Bonchev–Trinajstić information content (AvgIpc) is 2.76. The molecule has 106 valence electrons. The summed E-state index contributed by atoms with van der Waals surface area (Å²) < 4.78 is 2.03. The lowest BCUT2D eigenvalue weighted by molar-refractivity contribution is 0.0934. The minimum Gasteiger partial charge on any atom is -0.397 e. The van der Waals surface area contributed by atoms with Crippen molar-refractivity contribution >= 4 is 48.9 Å². The van der Waals surface area contributed by atoms with Crippen LogP contribution < -0.4 is 16.4 Å². The number of nitrogens with two attached hydrogens (primary N) is 1. The van der Waals surface area contributed by atoms with E-state index in [1.807, 2.05) is 18.2 Å². The highest BCUT2D eigenvalue weighted by atomic mass is 79.9. The van der Waals surface area contributed by atoms with Crippen LogP contribution in [0, 0.1) is 0 Å². The van der Waals surface area contributed by atoms with E-state index in [-0.39, 0.29) is 11.9 Å². The van der Waals surface area contributed by atoms with Gasteiger partial charge in [-0.3, -0.25) is 4.79 Å². The molecule has 1 fully saturated rings. The second-order valence-electron chi connectivity index (χ2n) is 4.98. The van der Waals surface area contributed by atoms with E-state index in [0.717, 1.165) is 40.5 Å². The van der Waals surface area contributed by atoms with Gasteiger partial charge in [-0.2, -0.15) is 0 Å². The van der Waals surface area contributed by atoms with E-state index in [2.05, 4.69) is 26.6 Å². The molecule has 2 heterocycles. The van der Waals surface area contributed by atoms with Gasteiger partial charge in [0.25, 0.3) is 5.91 Å². The summed E-state index contributed by atoms with van der Waals surface area (Å²) in [5.74, 6) is -0.0493. The van der Waals surface area contributed by atoms with E-state index in [1.165, 1.54) is 11.3 Å². The molecule has 1 amide bonds. The van der Waals surface area contributed by atoms with Crippen molar-refractivity contribution in [2.75, 3.05) is 18.8 Å². The normalized spacial score (nSPS) is 16.4. The van der Waals surface area contributed by atoms with Crippen LogP contribution in [0.15, 0.2) is 22.7 Å². The molecule has 0 spiro atoms. The molecule has 0 aliphatic carbocycles. The van der Waals surface area contributed by atoms with Crippen LogP contribution in [0.2, 0.25) is 0 Å². The van der Waals surface area contributed by atoms with Gasteiger partial charge in [-0.1, -0.05) is 22.0 Å². The molecule has 1 aliphatic heterocycles. The van der Waals surface area contributed by atoms with Crippen LogP contribution in [0.1, 0.15) is 22.5 Å². The van der Waals surface area contributed by atoms with E-state index in [0.29, 0.717) is 10.6 Å². The lowest BCUT2D eigenvalue weighted by Gasteiger charge is -2.23. The Morgan fingerprint density at radius 1 is 1.40 bits per heavy atom. The Morgan fingerprint density at radius 2 is 2.15 bits per heavy atom. The maximum Gasteiger partial charge on any atom is 0.263 e. The van der Waals surface area contributed by atoms with E-state index in [1.54, 1.807) is 0 Å². The maximum atomic E-state index is 12.4. The predicted molar refractivity (Wildman–Crippen MR) is 87.3 cm³/mol. The Morgan fingerprint density at radius 3 is 2.90 bits per heavy atom. The highest BCUT2D eigenvalue weighted by Crippen LogP contribution is 2.35. The summed E-state index contributed by atoms with van der Waals surface area (Å²) in [5.41, 5.74) is 6.70. The first-order chi connectivity index (χ1) is 9.65. The number of thiophene rings is 1. The minimum absolute atomic E-state index is 0.0493. The van der Waals surface area contributed by atoms with Gasteiger partial charge in [-0.15, -0.1) is 11.3 Å². The molecule has 1 aliphatic rings. The lowest BCUT2D eigenvalue weighted by Crippen LogP contribution is -2.42. The number of hydrogen-bond donors (Lipinski definition) is 3. The summed E-state index contributed by atoms with van der Waals surface area (Å²) in [6.07, 6.45) is 1.95. The fourth-order valence-corrected chi connectivity index (χ4v) is 4.05. The van der Waals surface area contributed by atoms with Crippen molar-refractivity contribution < 1.29 is 4.79 Å². The fraction of sp³-hybridized carbons (Fsp3) is 0.357. The highest BCUT2D eigenvalue weighted by molar-refractivity contribution is 9.10. The smallest absolute Gasteiger partial charge is 0.263 e. The molecule has 4 N–H and O–H groups in total. The quantitative estimate of drug-likeness (QED) is 0.777. The Balaban J connectivity index is 1.85. The Bertz CT molecular complexity index is 649. The van der Waals surface area contributed by atoms with Crippen LogP contribution in [-0.4, -0.2) is 25.0 Å². The van der Waals surface area contributed by atoms with Crippen molar-refractivity contribution in [2.24, 2.45) is 0 Å². The van der Waals surface area contributed by atoms with Crippen molar-refractivity contribution in [2.45, 2.75) is 18.9 Å². The number of carbonyl (C=O) groups is 1. The van der Waals surface area contributed by atoms with Crippen LogP contribution >= 0.6 is 27.3 Å². The molecule has 4 nitrogen and oxygen atoms in total. The number of fused-ring (bicyclic) bond motifs is 1. The van der Waals surface area contributed by atoms with Gasteiger partial charge in [0, 0.05) is 20.6 Å². The van der Waals surface area contributed by atoms with Gasteiger partial charge in [-0.25, -0.2) is 0 Å². The van der Waals surface area contributed by atoms with Crippen molar-refractivity contribution in [3.8, 4) is 0 Å². The molecule has 0 radical (unpaired) electrons. The molecule has 6 heteroatoms. The van der Waals surface area contributed by atoms with E-state index in [4.69, 9.17) is 5.73 Å². The number of nitrogen functional groups attached to an aromatic ring is 1. The molecule has 20 heavy (non-hydrogen) atoms. The van der Waals surface area contributed by atoms with Crippen LogP contribution in [-0.2, 0) is 0 Å². The van der Waals surface area contributed by atoms with Gasteiger partial charge >= 0.3 is 0 Å². The number of carbonyl (C=O) groups excluding carboxylic acids is 1. The molecular weight excluding hydrogens is 338 g/mol. The molecular formula is C14H16BrN3OS. The predicted octanol–water partition coefficient (Wildman–Crippen LogP) is 2.73. The van der Waals surface area contributed by atoms with E-state index in [9.17, 15) is 4.79 Å². The molecule has 0 unspecified atom stereocenters. The number of anilines is 1. The number of benzene rings is 1. The Kier molecular flexibility index (Phi) is 3.96. The maximum absolute atomic E-state index is 12.4. The summed E-state index contributed by atoms with van der Waals surface area (Å²) in [5, 5.41) is 7.33. The van der Waals surface area contributed by atoms with Crippen molar-refractivity contribution in [3.05, 3.63) is 27.5 Å².